The monoisotopic (exact) mass is 203 g/mol. The van der Waals surface area contributed by atoms with Gasteiger partial charge in [-0.1, -0.05) is 0 Å². The zero-order chi connectivity index (χ0) is 10.7. The average Bonchev–Trinajstić information content (AvgIpc) is 2.12. The van der Waals surface area contributed by atoms with Crippen molar-refractivity contribution in [1.82, 2.24) is 0 Å². The maximum atomic E-state index is 13.1. The summed E-state index contributed by atoms with van der Waals surface area (Å²) in [6.07, 6.45) is 0.133. The lowest BCUT2D eigenvalue weighted by Crippen LogP contribution is -2.06. The van der Waals surface area contributed by atoms with Crippen molar-refractivity contribution in [3.8, 4) is 11.5 Å². The second-order valence-electron chi connectivity index (χ2n) is 2.74. The summed E-state index contributed by atoms with van der Waals surface area (Å²) in [5, 5.41) is 9.42. The van der Waals surface area contributed by atoms with Gasteiger partial charge < -0.3 is 15.6 Å². The first-order valence-corrected chi connectivity index (χ1v) is 4.05. The SMILES string of the molecule is COc1c(F)cc(F)c(CCN)c1O. The van der Waals surface area contributed by atoms with Gasteiger partial charge in [0, 0.05) is 11.6 Å². The normalized spacial score (nSPS) is 10.3. The van der Waals surface area contributed by atoms with E-state index in [0.717, 1.165) is 0 Å². The molecule has 3 nitrogen and oxygen atoms in total. The van der Waals surface area contributed by atoms with Crippen molar-refractivity contribution in [3.05, 3.63) is 23.3 Å². The molecule has 14 heavy (non-hydrogen) atoms. The first-order chi connectivity index (χ1) is 6.61. The van der Waals surface area contributed by atoms with E-state index in [1.165, 1.54) is 7.11 Å². The first kappa shape index (κ1) is 10.7. The van der Waals surface area contributed by atoms with Crippen molar-refractivity contribution in [1.29, 1.82) is 0 Å². The number of methoxy groups -OCH3 is 1. The lowest BCUT2D eigenvalue weighted by atomic mass is 10.1. The second-order valence-corrected chi connectivity index (χ2v) is 2.74. The molecule has 0 amide bonds. The molecule has 1 aromatic carbocycles. The number of aromatic hydroxyl groups is 1. The fourth-order valence-electron chi connectivity index (χ4n) is 1.20. The zero-order valence-electron chi connectivity index (χ0n) is 7.68. The lowest BCUT2D eigenvalue weighted by molar-refractivity contribution is 0.344. The van der Waals surface area contributed by atoms with Crippen LogP contribution >= 0.6 is 0 Å². The molecule has 0 radical (unpaired) electrons. The molecular formula is C9H11F2NO2. The molecule has 0 aliphatic rings. The number of hydrogen-bond donors (Lipinski definition) is 2. The Morgan fingerprint density at radius 1 is 1.43 bits per heavy atom. The van der Waals surface area contributed by atoms with Crippen LogP contribution in [0.2, 0.25) is 0 Å². The quantitative estimate of drug-likeness (QED) is 0.775. The Morgan fingerprint density at radius 2 is 2.07 bits per heavy atom. The van der Waals surface area contributed by atoms with Gasteiger partial charge in [0.15, 0.2) is 17.3 Å². The van der Waals surface area contributed by atoms with E-state index in [1.54, 1.807) is 0 Å². The number of benzene rings is 1. The summed E-state index contributed by atoms with van der Waals surface area (Å²) in [6.45, 7) is 0.166. The third-order valence-corrected chi connectivity index (χ3v) is 1.86. The Morgan fingerprint density at radius 3 is 2.57 bits per heavy atom. The summed E-state index contributed by atoms with van der Waals surface area (Å²) in [7, 11) is 1.20. The topological polar surface area (TPSA) is 55.5 Å². The van der Waals surface area contributed by atoms with Gasteiger partial charge >= 0.3 is 0 Å². The van der Waals surface area contributed by atoms with Crippen LogP contribution in [0.15, 0.2) is 6.07 Å². The maximum absolute atomic E-state index is 13.1. The van der Waals surface area contributed by atoms with Gasteiger partial charge in [0.25, 0.3) is 0 Å². The van der Waals surface area contributed by atoms with E-state index in [4.69, 9.17) is 5.73 Å². The molecule has 0 aliphatic heterocycles. The molecule has 5 heteroatoms. The molecule has 0 fully saturated rings. The van der Waals surface area contributed by atoms with Gasteiger partial charge in [-0.05, 0) is 13.0 Å². The highest BCUT2D eigenvalue weighted by atomic mass is 19.1. The largest absolute Gasteiger partial charge is 0.504 e. The van der Waals surface area contributed by atoms with Crippen LogP contribution in [0.3, 0.4) is 0 Å². The fraction of sp³-hybridized carbons (Fsp3) is 0.333. The van der Waals surface area contributed by atoms with E-state index >= 15 is 0 Å². The summed E-state index contributed by atoms with van der Waals surface area (Å²) >= 11 is 0. The molecule has 0 heterocycles. The lowest BCUT2D eigenvalue weighted by Gasteiger charge is -2.10. The minimum Gasteiger partial charge on any atom is -0.504 e. The minimum absolute atomic E-state index is 0.0225. The summed E-state index contributed by atoms with van der Waals surface area (Å²) in [5.41, 5.74) is 5.19. The van der Waals surface area contributed by atoms with Gasteiger partial charge in [-0.15, -0.1) is 0 Å². The van der Waals surface area contributed by atoms with E-state index in [-0.39, 0.29) is 24.3 Å². The zero-order valence-corrected chi connectivity index (χ0v) is 7.68. The number of rotatable bonds is 3. The molecule has 0 unspecified atom stereocenters. The van der Waals surface area contributed by atoms with E-state index in [0.29, 0.717) is 6.07 Å². The van der Waals surface area contributed by atoms with Crippen molar-refractivity contribution in [2.24, 2.45) is 5.73 Å². The molecule has 0 aliphatic carbocycles. The number of hydrogen-bond acceptors (Lipinski definition) is 3. The van der Waals surface area contributed by atoms with Crippen LogP contribution in [-0.4, -0.2) is 18.8 Å². The van der Waals surface area contributed by atoms with Crippen molar-refractivity contribution in [3.63, 3.8) is 0 Å². The number of phenolic OH excluding ortho intramolecular Hbond substituents is 1. The van der Waals surface area contributed by atoms with Crippen LogP contribution < -0.4 is 10.5 Å². The third kappa shape index (κ3) is 1.77. The van der Waals surface area contributed by atoms with Crippen LogP contribution in [0.4, 0.5) is 8.78 Å². The Bertz CT molecular complexity index is 342. The van der Waals surface area contributed by atoms with Gasteiger partial charge in [0.05, 0.1) is 7.11 Å². The molecule has 0 saturated carbocycles. The summed E-state index contributed by atoms with van der Waals surface area (Å²) < 4.78 is 30.7. The molecule has 0 saturated heterocycles. The van der Waals surface area contributed by atoms with Gasteiger partial charge in [0.2, 0.25) is 0 Å². The Hall–Kier alpha value is -1.36. The van der Waals surface area contributed by atoms with Crippen molar-refractivity contribution >= 4 is 0 Å². The molecule has 0 aromatic heterocycles. The number of ether oxygens (including phenoxy) is 1. The molecule has 1 aromatic rings. The van der Waals surface area contributed by atoms with Crippen LogP contribution in [0.1, 0.15) is 5.56 Å². The molecule has 3 N–H and O–H groups in total. The van der Waals surface area contributed by atoms with E-state index in [2.05, 4.69) is 4.74 Å². The summed E-state index contributed by atoms with van der Waals surface area (Å²) in [6, 6.07) is 0.670. The Kier molecular flexibility index (Phi) is 3.24. The van der Waals surface area contributed by atoms with Crippen molar-refractivity contribution < 1.29 is 18.6 Å². The number of halogens is 2. The first-order valence-electron chi connectivity index (χ1n) is 4.05. The Labute approximate surface area is 80.1 Å². The third-order valence-electron chi connectivity index (χ3n) is 1.86. The van der Waals surface area contributed by atoms with Crippen molar-refractivity contribution in [2.75, 3.05) is 13.7 Å². The van der Waals surface area contributed by atoms with Gasteiger partial charge in [0.1, 0.15) is 5.82 Å². The molecule has 0 atom stereocenters. The highest BCUT2D eigenvalue weighted by molar-refractivity contribution is 5.47. The number of nitrogens with two attached hydrogens (primary N) is 1. The molecule has 0 bridgehead atoms. The molecular weight excluding hydrogens is 192 g/mol. The molecule has 78 valence electrons. The van der Waals surface area contributed by atoms with Gasteiger partial charge in [-0.2, -0.15) is 0 Å². The summed E-state index contributed by atoms with van der Waals surface area (Å²) in [4.78, 5) is 0. The van der Waals surface area contributed by atoms with Crippen LogP contribution in [0.5, 0.6) is 11.5 Å². The highest BCUT2D eigenvalue weighted by Crippen LogP contribution is 2.34. The predicted molar refractivity (Wildman–Crippen MR) is 47.3 cm³/mol. The minimum atomic E-state index is -0.928. The summed E-state index contributed by atoms with van der Waals surface area (Å²) in [5.74, 6) is -2.61. The predicted octanol–water partition coefficient (Wildman–Crippen LogP) is 1.18. The maximum Gasteiger partial charge on any atom is 0.197 e. The van der Waals surface area contributed by atoms with Crippen molar-refractivity contribution in [2.45, 2.75) is 6.42 Å². The fourth-order valence-corrected chi connectivity index (χ4v) is 1.20. The smallest absolute Gasteiger partial charge is 0.197 e. The van der Waals surface area contributed by atoms with Crippen LogP contribution in [0, 0.1) is 11.6 Å². The second kappa shape index (κ2) is 4.23. The van der Waals surface area contributed by atoms with Crippen LogP contribution in [-0.2, 0) is 6.42 Å². The standard InChI is InChI=1S/C9H11F2NO2/c1-14-9-7(11)4-6(10)5(2-3-12)8(9)13/h4,13H,2-3,12H2,1H3. The van der Waals surface area contributed by atoms with E-state index < -0.39 is 17.4 Å². The van der Waals surface area contributed by atoms with E-state index in [9.17, 15) is 13.9 Å². The molecule has 0 spiro atoms. The van der Waals surface area contributed by atoms with Gasteiger partial charge in [-0.25, -0.2) is 8.78 Å². The Balaban J connectivity index is 3.28. The highest BCUT2D eigenvalue weighted by Gasteiger charge is 2.17. The van der Waals surface area contributed by atoms with Crippen LogP contribution in [0.25, 0.3) is 0 Å². The molecule has 1 rings (SSSR count). The number of phenols is 1. The van der Waals surface area contributed by atoms with Gasteiger partial charge in [-0.3, -0.25) is 0 Å². The van der Waals surface area contributed by atoms with E-state index in [1.807, 2.05) is 0 Å². The average molecular weight is 203 g/mol.